The van der Waals surface area contributed by atoms with E-state index in [-0.39, 0.29) is 23.8 Å². The number of amides is 1. The van der Waals surface area contributed by atoms with E-state index in [1.807, 2.05) is 30.3 Å². The molecule has 2 aliphatic rings. The number of ketones is 1. The van der Waals surface area contributed by atoms with Crippen LogP contribution in [-0.2, 0) is 9.59 Å². The molecule has 3 aromatic carbocycles. The van der Waals surface area contributed by atoms with Gasteiger partial charge in [-0.25, -0.2) is 0 Å². The summed E-state index contributed by atoms with van der Waals surface area (Å²) in [5.74, 6) is 0.249. The topological polar surface area (TPSA) is 81.4 Å². The molecule has 1 aliphatic carbocycles. The SMILES string of the molecule is CC1(C)CC(=O)C2=C(C1)c1c(ccc3ccccc13)N[C@H]2c1ccc(OCC(N)=O)cc1. The molecule has 1 atom stereocenters. The molecule has 32 heavy (non-hydrogen) atoms. The van der Waals surface area contributed by atoms with Gasteiger partial charge < -0.3 is 15.8 Å². The second-order valence-corrected chi connectivity index (χ2v) is 9.44. The predicted molar refractivity (Wildman–Crippen MR) is 126 cm³/mol. The van der Waals surface area contributed by atoms with Crippen LogP contribution >= 0.6 is 0 Å². The Balaban J connectivity index is 1.63. The monoisotopic (exact) mass is 426 g/mol. The van der Waals surface area contributed by atoms with Crippen molar-refractivity contribution in [3.8, 4) is 5.75 Å². The van der Waals surface area contributed by atoms with Gasteiger partial charge in [-0.15, -0.1) is 0 Å². The fourth-order valence-corrected chi connectivity index (χ4v) is 5.00. The number of primary amides is 1. The highest BCUT2D eigenvalue weighted by atomic mass is 16.5. The van der Waals surface area contributed by atoms with Crippen LogP contribution in [0.1, 0.15) is 43.9 Å². The number of allylic oxidation sites excluding steroid dienone is 1. The number of rotatable bonds is 4. The maximum Gasteiger partial charge on any atom is 0.255 e. The summed E-state index contributed by atoms with van der Waals surface area (Å²) in [6.07, 6.45) is 1.39. The van der Waals surface area contributed by atoms with Crippen molar-refractivity contribution < 1.29 is 14.3 Å². The molecule has 5 rings (SSSR count). The summed E-state index contributed by atoms with van der Waals surface area (Å²) in [4.78, 5) is 24.4. The fourth-order valence-electron chi connectivity index (χ4n) is 5.00. The van der Waals surface area contributed by atoms with Crippen LogP contribution in [0.2, 0.25) is 0 Å². The van der Waals surface area contributed by atoms with Crippen LogP contribution < -0.4 is 15.8 Å². The van der Waals surface area contributed by atoms with Crippen molar-refractivity contribution >= 4 is 33.7 Å². The van der Waals surface area contributed by atoms with E-state index < -0.39 is 5.91 Å². The molecule has 1 heterocycles. The van der Waals surface area contributed by atoms with Crippen molar-refractivity contribution in [1.82, 2.24) is 0 Å². The first-order chi connectivity index (χ1) is 15.3. The summed E-state index contributed by atoms with van der Waals surface area (Å²) in [6, 6.07) is 19.9. The van der Waals surface area contributed by atoms with E-state index in [9.17, 15) is 9.59 Å². The van der Waals surface area contributed by atoms with E-state index in [1.165, 1.54) is 10.8 Å². The molecular weight excluding hydrogens is 400 g/mol. The summed E-state index contributed by atoms with van der Waals surface area (Å²) >= 11 is 0. The summed E-state index contributed by atoms with van der Waals surface area (Å²) in [5, 5.41) is 5.98. The van der Waals surface area contributed by atoms with Crippen LogP contribution in [0.15, 0.2) is 66.2 Å². The number of ether oxygens (including phenoxy) is 1. The van der Waals surface area contributed by atoms with E-state index in [0.29, 0.717) is 12.2 Å². The van der Waals surface area contributed by atoms with Gasteiger partial charge in [0.15, 0.2) is 12.4 Å². The molecule has 0 spiro atoms. The van der Waals surface area contributed by atoms with Gasteiger partial charge in [-0.3, -0.25) is 9.59 Å². The molecule has 0 aromatic heterocycles. The van der Waals surface area contributed by atoms with E-state index in [4.69, 9.17) is 10.5 Å². The molecule has 162 valence electrons. The summed E-state index contributed by atoms with van der Waals surface area (Å²) in [7, 11) is 0. The molecule has 5 nitrogen and oxygen atoms in total. The van der Waals surface area contributed by atoms with Gasteiger partial charge in [-0.2, -0.15) is 0 Å². The Labute approximate surface area is 187 Å². The molecule has 5 heteroatoms. The molecule has 0 fully saturated rings. The molecule has 0 radical (unpaired) electrons. The van der Waals surface area contributed by atoms with Crippen LogP contribution in [-0.4, -0.2) is 18.3 Å². The minimum Gasteiger partial charge on any atom is -0.484 e. The van der Waals surface area contributed by atoms with Gasteiger partial charge >= 0.3 is 0 Å². The predicted octanol–water partition coefficient (Wildman–Crippen LogP) is 5.01. The van der Waals surface area contributed by atoms with Gasteiger partial charge in [-0.1, -0.05) is 56.3 Å². The summed E-state index contributed by atoms with van der Waals surface area (Å²) in [6.45, 7) is 4.17. The van der Waals surface area contributed by atoms with Crippen molar-refractivity contribution in [3.05, 3.63) is 77.4 Å². The third-order valence-electron chi connectivity index (χ3n) is 6.33. The average molecular weight is 427 g/mol. The Bertz CT molecular complexity index is 1270. The molecule has 0 saturated carbocycles. The minimum absolute atomic E-state index is 0.0848. The van der Waals surface area contributed by atoms with Gasteiger partial charge in [0.05, 0.1) is 6.04 Å². The smallest absolute Gasteiger partial charge is 0.255 e. The molecule has 1 aliphatic heterocycles. The molecule has 0 bridgehead atoms. The van der Waals surface area contributed by atoms with Crippen LogP contribution in [0, 0.1) is 5.41 Å². The van der Waals surface area contributed by atoms with Gasteiger partial charge in [0.1, 0.15) is 5.75 Å². The molecule has 3 aromatic rings. The largest absolute Gasteiger partial charge is 0.484 e. The number of benzene rings is 3. The lowest BCUT2D eigenvalue weighted by Crippen LogP contribution is -2.33. The Hall–Kier alpha value is -3.60. The number of Topliss-reactive ketones (excluding diaryl/α,β-unsaturated/α-hetero) is 1. The van der Waals surface area contributed by atoms with Gasteiger partial charge in [0, 0.05) is 23.2 Å². The van der Waals surface area contributed by atoms with E-state index in [1.54, 1.807) is 0 Å². The van der Waals surface area contributed by atoms with Gasteiger partial charge in [0.2, 0.25) is 0 Å². The third kappa shape index (κ3) is 3.54. The number of anilines is 1. The highest BCUT2D eigenvalue weighted by molar-refractivity contribution is 6.12. The standard InChI is InChI=1S/C27H26N2O3/c1-27(2)13-20-24-19-6-4-3-5-16(19)9-12-21(24)29-26(25(20)22(30)14-27)17-7-10-18(11-8-17)32-15-23(28)31/h3-12,26,29H,13-15H2,1-2H3,(H2,28,31)/t26-/m0/s1. The van der Waals surface area contributed by atoms with E-state index >= 15 is 0 Å². The first kappa shape index (κ1) is 20.3. The fraction of sp³-hybridized carbons (Fsp3) is 0.259. The second kappa shape index (κ2) is 7.52. The number of nitrogens with two attached hydrogens (primary N) is 1. The van der Waals surface area contributed by atoms with Crippen LogP contribution in [0.25, 0.3) is 16.3 Å². The lowest BCUT2D eigenvalue weighted by atomic mass is 9.68. The van der Waals surface area contributed by atoms with Crippen molar-refractivity contribution in [3.63, 3.8) is 0 Å². The first-order valence-corrected chi connectivity index (χ1v) is 10.9. The zero-order chi connectivity index (χ0) is 22.5. The maximum absolute atomic E-state index is 13.4. The normalized spacial score (nSPS) is 19.2. The van der Waals surface area contributed by atoms with Crippen molar-refractivity contribution in [2.45, 2.75) is 32.7 Å². The summed E-state index contributed by atoms with van der Waals surface area (Å²) < 4.78 is 5.40. The van der Waals surface area contributed by atoms with Crippen LogP contribution in [0.5, 0.6) is 5.75 Å². The third-order valence-corrected chi connectivity index (χ3v) is 6.33. The Morgan fingerprint density at radius 3 is 2.56 bits per heavy atom. The number of nitrogens with one attached hydrogen (secondary N) is 1. The second-order valence-electron chi connectivity index (χ2n) is 9.44. The van der Waals surface area contributed by atoms with Gasteiger partial charge in [-0.05, 0) is 51.9 Å². The molecular formula is C27H26N2O3. The Morgan fingerprint density at radius 2 is 1.81 bits per heavy atom. The Morgan fingerprint density at radius 1 is 1.06 bits per heavy atom. The zero-order valence-corrected chi connectivity index (χ0v) is 18.3. The lowest BCUT2D eigenvalue weighted by molar-refractivity contribution is -0.120. The number of hydrogen-bond donors (Lipinski definition) is 2. The molecule has 3 N–H and O–H groups in total. The quantitative estimate of drug-likeness (QED) is 0.614. The van der Waals surface area contributed by atoms with Crippen molar-refractivity contribution in [2.24, 2.45) is 11.1 Å². The van der Waals surface area contributed by atoms with Gasteiger partial charge in [0.25, 0.3) is 5.91 Å². The molecule has 0 saturated heterocycles. The highest BCUT2D eigenvalue weighted by Gasteiger charge is 2.40. The highest BCUT2D eigenvalue weighted by Crippen LogP contribution is 2.52. The molecule has 0 unspecified atom stereocenters. The summed E-state index contributed by atoms with van der Waals surface area (Å²) in [5.41, 5.74) is 10.3. The molecule has 1 amide bonds. The number of hydrogen-bond acceptors (Lipinski definition) is 4. The average Bonchev–Trinajstić information content (AvgIpc) is 2.76. The van der Waals surface area contributed by atoms with Crippen molar-refractivity contribution in [2.75, 3.05) is 11.9 Å². The zero-order valence-electron chi connectivity index (χ0n) is 18.3. The van der Waals surface area contributed by atoms with Crippen molar-refractivity contribution in [1.29, 1.82) is 0 Å². The van der Waals surface area contributed by atoms with E-state index in [0.717, 1.165) is 34.4 Å². The number of carbonyl (C=O) groups excluding carboxylic acids is 2. The van der Waals surface area contributed by atoms with Crippen LogP contribution in [0.3, 0.4) is 0 Å². The number of fused-ring (bicyclic) bond motifs is 4. The number of carbonyl (C=O) groups is 2. The maximum atomic E-state index is 13.4. The minimum atomic E-state index is -0.517. The van der Waals surface area contributed by atoms with E-state index in [2.05, 4.69) is 49.5 Å². The van der Waals surface area contributed by atoms with Crippen LogP contribution in [0.4, 0.5) is 5.69 Å². The lowest BCUT2D eigenvalue weighted by Gasteiger charge is -2.40. The first-order valence-electron chi connectivity index (χ1n) is 10.9. The Kier molecular flexibility index (Phi) is 4.77.